The zero-order valence-electron chi connectivity index (χ0n) is 8.12. The van der Waals surface area contributed by atoms with Gasteiger partial charge in [-0.05, 0) is 31.0 Å². The average molecular weight is 222 g/mol. The number of carbonyl (C=O) groups excluding carboxylic acids is 1. The predicted molar refractivity (Wildman–Crippen MR) is 59.1 cm³/mol. The molecule has 0 saturated heterocycles. The molecule has 1 aromatic rings. The number of hydrogen-bond donors (Lipinski definition) is 1. The Morgan fingerprint density at radius 3 is 3.07 bits per heavy atom. The van der Waals surface area contributed by atoms with Crippen LogP contribution < -0.4 is 5.43 Å². The van der Waals surface area contributed by atoms with Gasteiger partial charge in [-0.1, -0.05) is 6.07 Å². The monoisotopic (exact) mass is 222 g/mol. The summed E-state index contributed by atoms with van der Waals surface area (Å²) >= 11 is 1.36. The quantitative estimate of drug-likeness (QED) is 0.760. The van der Waals surface area contributed by atoms with Gasteiger partial charge in [-0.2, -0.15) is 0 Å². The molecule has 1 N–H and O–H groups in total. The van der Waals surface area contributed by atoms with Gasteiger partial charge in [0.1, 0.15) is 11.9 Å². The molecule has 0 aliphatic carbocycles. The first kappa shape index (κ1) is 10.1. The van der Waals surface area contributed by atoms with Crippen LogP contribution in [0.2, 0.25) is 0 Å². The number of pyridine rings is 1. The minimum atomic E-state index is -0.222. The average Bonchev–Trinajstić information content (AvgIpc) is 2.66. The fraction of sp³-hybridized carbons (Fsp3) is 0.222. The Hall–Kier alpha value is -1.40. The predicted octanol–water partition coefficient (Wildman–Crippen LogP) is 1.06. The van der Waals surface area contributed by atoms with Crippen LogP contribution in [0.5, 0.6) is 0 Å². The van der Waals surface area contributed by atoms with E-state index in [1.807, 2.05) is 6.92 Å². The van der Waals surface area contributed by atoms with E-state index in [1.54, 1.807) is 34.4 Å². The summed E-state index contributed by atoms with van der Waals surface area (Å²) in [5.41, 5.74) is 4.81. The molecule has 0 saturated carbocycles. The van der Waals surface area contributed by atoms with Crippen molar-refractivity contribution in [1.82, 2.24) is 14.8 Å². The minimum absolute atomic E-state index is 0.0392. The summed E-state index contributed by atoms with van der Waals surface area (Å²) in [6.45, 7) is 1.90. The molecular weight excluding hydrogens is 212 g/mol. The number of aromatic nitrogens is 1. The van der Waals surface area contributed by atoms with Crippen LogP contribution in [-0.4, -0.2) is 27.0 Å². The second kappa shape index (κ2) is 4.41. The van der Waals surface area contributed by atoms with Crippen molar-refractivity contribution in [3.05, 3.63) is 30.1 Å². The lowest BCUT2D eigenvalue weighted by Crippen LogP contribution is -2.40. The highest BCUT2D eigenvalue weighted by Crippen LogP contribution is 2.16. The smallest absolute Gasteiger partial charge is 0.271 e. The summed E-state index contributed by atoms with van der Waals surface area (Å²) in [5, 5.41) is 0. The van der Waals surface area contributed by atoms with Gasteiger partial charge in [-0.25, -0.2) is 0 Å². The molecular formula is C9H10N4OS. The Balaban J connectivity index is 1.99. The van der Waals surface area contributed by atoms with Crippen molar-refractivity contribution in [2.45, 2.75) is 13.1 Å². The molecule has 5 nitrogen and oxygen atoms in total. The lowest BCUT2D eigenvalue weighted by Gasteiger charge is -2.18. The van der Waals surface area contributed by atoms with E-state index in [9.17, 15) is 4.79 Å². The number of aliphatic imine (C=N–C) groups is 1. The molecule has 0 radical (unpaired) electrons. The molecule has 2 heterocycles. The van der Waals surface area contributed by atoms with Gasteiger partial charge in [0, 0.05) is 6.20 Å². The molecule has 0 aromatic carbocycles. The van der Waals surface area contributed by atoms with Gasteiger partial charge in [0.25, 0.3) is 5.91 Å². The molecule has 15 heavy (non-hydrogen) atoms. The summed E-state index contributed by atoms with van der Waals surface area (Å²) < 4.78 is 1.68. The van der Waals surface area contributed by atoms with Crippen LogP contribution in [-0.2, 0) is 0 Å². The summed E-state index contributed by atoms with van der Waals surface area (Å²) in [5.74, 6) is -0.222. The Morgan fingerprint density at radius 1 is 1.60 bits per heavy atom. The highest BCUT2D eigenvalue weighted by molar-refractivity contribution is 8.10. The van der Waals surface area contributed by atoms with Crippen LogP contribution in [0.3, 0.4) is 0 Å². The van der Waals surface area contributed by atoms with Gasteiger partial charge < -0.3 is 0 Å². The first-order chi connectivity index (χ1) is 7.27. The van der Waals surface area contributed by atoms with E-state index in [-0.39, 0.29) is 12.1 Å². The van der Waals surface area contributed by atoms with Crippen LogP contribution in [0.25, 0.3) is 0 Å². The van der Waals surface area contributed by atoms with Crippen molar-refractivity contribution in [2.75, 3.05) is 0 Å². The maximum absolute atomic E-state index is 11.7. The van der Waals surface area contributed by atoms with Crippen molar-refractivity contribution in [2.24, 2.45) is 4.99 Å². The van der Waals surface area contributed by atoms with Gasteiger partial charge in [0.2, 0.25) is 0 Å². The van der Waals surface area contributed by atoms with E-state index >= 15 is 0 Å². The molecule has 1 atom stereocenters. The Bertz CT molecular complexity index is 381. The molecule has 1 aliphatic heterocycles. The number of amides is 1. The van der Waals surface area contributed by atoms with Gasteiger partial charge in [0.15, 0.2) is 0 Å². The number of rotatable bonds is 2. The van der Waals surface area contributed by atoms with Crippen LogP contribution in [0, 0.1) is 0 Å². The summed E-state index contributed by atoms with van der Waals surface area (Å²) in [4.78, 5) is 19.7. The maximum atomic E-state index is 11.7. The van der Waals surface area contributed by atoms with Crippen molar-refractivity contribution in [1.29, 1.82) is 0 Å². The van der Waals surface area contributed by atoms with Gasteiger partial charge in [0.05, 0.1) is 5.55 Å². The maximum Gasteiger partial charge on any atom is 0.284 e. The van der Waals surface area contributed by atoms with Crippen molar-refractivity contribution in [3.8, 4) is 0 Å². The molecule has 1 unspecified atom stereocenters. The SMILES string of the molecule is CC1N=CSN1NC(=O)c1ccccn1. The molecule has 1 aliphatic rings. The third-order valence-corrected chi connectivity index (χ3v) is 2.73. The molecule has 78 valence electrons. The molecule has 0 bridgehead atoms. The van der Waals surface area contributed by atoms with Gasteiger partial charge >= 0.3 is 0 Å². The number of carbonyl (C=O) groups is 1. The second-order valence-corrected chi connectivity index (χ2v) is 3.79. The normalized spacial score (nSPS) is 20.5. The molecule has 2 rings (SSSR count). The third kappa shape index (κ3) is 2.34. The second-order valence-electron chi connectivity index (χ2n) is 2.97. The van der Waals surface area contributed by atoms with Crippen LogP contribution in [0.1, 0.15) is 17.4 Å². The molecule has 1 amide bonds. The van der Waals surface area contributed by atoms with Crippen molar-refractivity contribution < 1.29 is 4.79 Å². The Morgan fingerprint density at radius 2 is 2.47 bits per heavy atom. The minimum Gasteiger partial charge on any atom is -0.271 e. The largest absolute Gasteiger partial charge is 0.284 e. The van der Waals surface area contributed by atoms with E-state index in [1.165, 1.54) is 11.9 Å². The third-order valence-electron chi connectivity index (χ3n) is 1.89. The van der Waals surface area contributed by atoms with Crippen LogP contribution >= 0.6 is 11.9 Å². The standard InChI is InChI=1S/C9H10N4OS/c1-7-11-6-15-13(7)12-9(14)8-4-2-3-5-10-8/h2-7H,1H3,(H,12,14). The fourth-order valence-corrected chi connectivity index (χ4v) is 1.79. The molecule has 0 fully saturated rings. The molecule has 1 aromatic heterocycles. The Labute approximate surface area is 91.7 Å². The van der Waals surface area contributed by atoms with Gasteiger partial charge in [-0.15, -0.1) is 4.41 Å². The summed E-state index contributed by atoms with van der Waals surface area (Å²) in [6.07, 6.45) is 1.55. The number of hydrogen-bond acceptors (Lipinski definition) is 5. The van der Waals surface area contributed by atoms with E-state index in [2.05, 4.69) is 15.4 Å². The van der Waals surface area contributed by atoms with E-state index in [4.69, 9.17) is 0 Å². The molecule has 6 heteroatoms. The van der Waals surface area contributed by atoms with Gasteiger partial charge in [-0.3, -0.25) is 20.2 Å². The highest BCUT2D eigenvalue weighted by atomic mass is 32.2. The number of hydrazine groups is 1. The number of nitrogens with zero attached hydrogens (tertiary/aromatic N) is 3. The van der Waals surface area contributed by atoms with Crippen LogP contribution in [0.15, 0.2) is 29.4 Å². The highest BCUT2D eigenvalue weighted by Gasteiger charge is 2.20. The first-order valence-corrected chi connectivity index (χ1v) is 5.30. The number of nitrogens with one attached hydrogen (secondary N) is 1. The van der Waals surface area contributed by atoms with Crippen LogP contribution in [0.4, 0.5) is 0 Å². The zero-order valence-corrected chi connectivity index (χ0v) is 8.94. The topological polar surface area (TPSA) is 57.6 Å². The summed E-state index contributed by atoms with van der Waals surface area (Å²) in [6, 6.07) is 5.22. The van der Waals surface area contributed by atoms with E-state index in [0.29, 0.717) is 5.69 Å². The van der Waals surface area contributed by atoms with Crippen molar-refractivity contribution >= 4 is 23.4 Å². The lowest BCUT2D eigenvalue weighted by atomic mass is 10.3. The van der Waals surface area contributed by atoms with E-state index < -0.39 is 0 Å². The van der Waals surface area contributed by atoms with E-state index in [0.717, 1.165) is 0 Å². The lowest BCUT2D eigenvalue weighted by molar-refractivity contribution is 0.0865. The first-order valence-electron chi connectivity index (χ1n) is 4.47. The van der Waals surface area contributed by atoms with Crippen molar-refractivity contribution in [3.63, 3.8) is 0 Å². The zero-order chi connectivity index (χ0) is 10.7. The molecule has 0 spiro atoms. The fourth-order valence-electron chi connectivity index (χ4n) is 1.09. The summed E-state index contributed by atoms with van der Waals surface area (Å²) in [7, 11) is 0. The Kier molecular flexibility index (Phi) is 2.98.